The van der Waals surface area contributed by atoms with Crippen LogP contribution in [-0.4, -0.2) is 20.4 Å². The molecule has 0 heterocycles. The van der Waals surface area contributed by atoms with Gasteiger partial charge in [-0.1, -0.05) is 11.4 Å². The summed E-state index contributed by atoms with van der Waals surface area (Å²) in [5.74, 6) is 0. The summed E-state index contributed by atoms with van der Waals surface area (Å²) < 4.78 is 15.6. The van der Waals surface area contributed by atoms with Gasteiger partial charge in [-0.3, -0.25) is 4.57 Å². The second-order valence-electron chi connectivity index (χ2n) is 1.09. The molecule has 0 aliphatic heterocycles. The molecule has 8 heavy (non-hydrogen) atoms. The summed E-state index contributed by atoms with van der Waals surface area (Å²) >= 11 is 1.19. The lowest BCUT2D eigenvalue weighted by Gasteiger charge is -2.09. The minimum atomic E-state index is -2.50. The molecule has 0 bridgehead atoms. The normalized spacial score (nSPS) is 17.9. The highest BCUT2D eigenvalue weighted by Gasteiger charge is 2.14. The van der Waals surface area contributed by atoms with E-state index in [-0.39, 0.29) is 0 Å². The van der Waals surface area contributed by atoms with Gasteiger partial charge in [-0.25, -0.2) is 5.09 Å². The first-order chi connectivity index (χ1) is 3.68. The zero-order valence-electron chi connectivity index (χ0n) is 5.17. The van der Waals surface area contributed by atoms with E-state index in [1.54, 1.807) is 13.3 Å². The van der Waals surface area contributed by atoms with Crippen LogP contribution in [0.2, 0.25) is 0 Å². The van der Waals surface area contributed by atoms with E-state index >= 15 is 0 Å². The fourth-order valence-corrected chi connectivity index (χ4v) is 1.77. The van der Waals surface area contributed by atoms with Gasteiger partial charge in [0.25, 0.3) is 0 Å². The van der Waals surface area contributed by atoms with Gasteiger partial charge < -0.3 is 4.52 Å². The third-order valence-corrected chi connectivity index (χ3v) is 4.70. The molecule has 0 fully saturated rings. The summed E-state index contributed by atoms with van der Waals surface area (Å²) in [5, 5.41) is 2.57. The standard InChI is InChI=1S/C3H10NO2PS/c1-4-7(5,6-2)8-3/h1-3H3,(H,4,5). The second kappa shape index (κ2) is 3.51. The van der Waals surface area contributed by atoms with E-state index in [0.29, 0.717) is 0 Å². The zero-order chi connectivity index (χ0) is 6.62. The maximum Gasteiger partial charge on any atom is 0.325 e. The van der Waals surface area contributed by atoms with Crippen molar-refractivity contribution in [2.24, 2.45) is 0 Å². The summed E-state index contributed by atoms with van der Waals surface area (Å²) in [5.41, 5.74) is 0. The zero-order valence-corrected chi connectivity index (χ0v) is 6.88. The van der Waals surface area contributed by atoms with Crippen LogP contribution in [-0.2, 0) is 9.09 Å². The smallest absolute Gasteiger partial charge is 0.313 e. The van der Waals surface area contributed by atoms with Crippen LogP contribution in [0, 0.1) is 0 Å². The van der Waals surface area contributed by atoms with Crippen LogP contribution in [0.3, 0.4) is 0 Å². The summed E-state index contributed by atoms with van der Waals surface area (Å²) in [6.45, 7) is -2.50. The van der Waals surface area contributed by atoms with Gasteiger partial charge in [0.05, 0.1) is 0 Å². The molecule has 0 aromatic carbocycles. The van der Waals surface area contributed by atoms with E-state index in [9.17, 15) is 4.57 Å². The van der Waals surface area contributed by atoms with E-state index in [2.05, 4.69) is 9.61 Å². The predicted octanol–water partition coefficient (Wildman–Crippen LogP) is 1.32. The Bertz CT molecular complexity index is 88.4. The third-order valence-electron chi connectivity index (χ3n) is 0.755. The van der Waals surface area contributed by atoms with Gasteiger partial charge in [-0.2, -0.15) is 0 Å². The molecule has 50 valence electrons. The molecule has 1 N–H and O–H groups in total. The van der Waals surface area contributed by atoms with Gasteiger partial charge in [0.15, 0.2) is 0 Å². The average molecular weight is 155 g/mol. The Balaban J connectivity index is 3.79. The quantitative estimate of drug-likeness (QED) is 0.624. The van der Waals surface area contributed by atoms with Gasteiger partial charge in [0, 0.05) is 7.11 Å². The van der Waals surface area contributed by atoms with Crippen molar-refractivity contribution in [2.75, 3.05) is 20.4 Å². The van der Waals surface area contributed by atoms with Crippen LogP contribution in [0.5, 0.6) is 0 Å². The van der Waals surface area contributed by atoms with Gasteiger partial charge in [-0.15, -0.1) is 0 Å². The molecule has 0 spiro atoms. The Morgan fingerprint density at radius 2 is 2.25 bits per heavy atom. The van der Waals surface area contributed by atoms with Crippen LogP contribution in [0.15, 0.2) is 0 Å². The second-order valence-corrected chi connectivity index (χ2v) is 5.80. The summed E-state index contributed by atoms with van der Waals surface area (Å²) in [6.07, 6.45) is 1.74. The Kier molecular flexibility index (Phi) is 3.73. The lowest BCUT2D eigenvalue weighted by Crippen LogP contribution is -1.99. The summed E-state index contributed by atoms with van der Waals surface area (Å²) in [7, 11) is 3.04. The molecule has 0 rings (SSSR count). The molecule has 0 aliphatic rings. The molecular formula is C3H10NO2PS. The highest BCUT2D eigenvalue weighted by Crippen LogP contribution is 2.52. The monoisotopic (exact) mass is 155 g/mol. The molecule has 5 heteroatoms. The van der Waals surface area contributed by atoms with Crippen LogP contribution in [0.25, 0.3) is 0 Å². The van der Waals surface area contributed by atoms with E-state index < -0.39 is 6.72 Å². The summed E-state index contributed by atoms with van der Waals surface area (Å²) in [4.78, 5) is 0. The van der Waals surface area contributed by atoms with Crippen molar-refractivity contribution in [1.29, 1.82) is 0 Å². The molecule has 0 aromatic heterocycles. The molecule has 0 radical (unpaired) electrons. The van der Waals surface area contributed by atoms with Gasteiger partial charge in [0.2, 0.25) is 0 Å². The SMILES string of the molecule is CNP(=O)(OC)SC. The Morgan fingerprint density at radius 1 is 1.75 bits per heavy atom. The van der Waals surface area contributed by atoms with E-state index in [1.807, 2.05) is 0 Å². The Hall–Kier alpha value is 0.500. The van der Waals surface area contributed by atoms with Crippen LogP contribution < -0.4 is 5.09 Å². The van der Waals surface area contributed by atoms with E-state index in [1.165, 1.54) is 18.5 Å². The first-order valence-electron chi connectivity index (χ1n) is 2.09. The van der Waals surface area contributed by atoms with Crippen molar-refractivity contribution < 1.29 is 9.09 Å². The Labute approximate surface area is 53.4 Å². The van der Waals surface area contributed by atoms with Gasteiger partial charge in [0.1, 0.15) is 0 Å². The highest BCUT2D eigenvalue weighted by molar-refractivity contribution is 8.55. The fraction of sp³-hybridized carbons (Fsp3) is 1.00. The topological polar surface area (TPSA) is 38.3 Å². The van der Waals surface area contributed by atoms with Crippen molar-refractivity contribution in [3.63, 3.8) is 0 Å². The minimum absolute atomic E-state index is 1.19. The minimum Gasteiger partial charge on any atom is -0.313 e. The maximum atomic E-state index is 10.9. The molecule has 0 aromatic rings. The predicted molar refractivity (Wildman–Crippen MR) is 37.2 cm³/mol. The van der Waals surface area contributed by atoms with Crippen molar-refractivity contribution >= 4 is 18.1 Å². The lowest BCUT2D eigenvalue weighted by molar-refractivity contribution is 0.402. The molecule has 1 atom stereocenters. The molecule has 0 saturated heterocycles. The lowest BCUT2D eigenvalue weighted by atomic mass is 11.6. The molecular weight excluding hydrogens is 145 g/mol. The number of rotatable bonds is 3. The molecule has 0 saturated carbocycles. The first kappa shape index (κ1) is 8.50. The van der Waals surface area contributed by atoms with E-state index in [4.69, 9.17) is 0 Å². The largest absolute Gasteiger partial charge is 0.325 e. The van der Waals surface area contributed by atoms with Crippen molar-refractivity contribution in [3.8, 4) is 0 Å². The molecule has 1 unspecified atom stereocenters. The average Bonchev–Trinajstić information content (AvgIpc) is 1.87. The third kappa shape index (κ3) is 2.18. The van der Waals surface area contributed by atoms with E-state index in [0.717, 1.165) is 0 Å². The van der Waals surface area contributed by atoms with Crippen molar-refractivity contribution in [1.82, 2.24) is 5.09 Å². The van der Waals surface area contributed by atoms with Crippen molar-refractivity contribution in [3.05, 3.63) is 0 Å². The Morgan fingerprint density at radius 3 is 2.25 bits per heavy atom. The fourth-order valence-electron chi connectivity index (χ4n) is 0.257. The summed E-state index contributed by atoms with van der Waals surface area (Å²) in [6, 6.07) is 0. The molecule has 3 nitrogen and oxygen atoms in total. The van der Waals surface area contributed by atoms with Gasteiger partial charge >= 0.3 is 6.72 Å². The maximum absolute atomic E-state index is 10.9. The molecule has 0 amide bonds. The first-order valence-corrected chi connectivity index (χ1v) is 5.54. The van der Waals surface area contributed by atoms with Gasteiger partial charge in [-0.05, 0) is 13.3 Å². The van der Waals surface area contributed by atoms with Crippen LogP contribution in [0.4, 0.5) is 0 Å². The number of nitrogens with one attached hydrogen (secondary N) is 1. The van der Waals surface area contributed by atoms with Crippen LogP contribution in [0.1, 0.15) is 0 Å². The number of hydrogen-bond donors (Lipinski definition) is 1. The highest BCUT2D eigenvalue weighted by atomic mass is 32.7. The van der Waals surface area contributed by atoms with Crippen LogP contribution >= 0.6 is 18.1 Å². The molecule has 0 aliphatic carbocycles. The van der Waals surface area contributed by atoms with Crippen molar-refractivity contribution in [2.45, 2.75) is 0 Å². The number of hydrogen-bond acceptors (Lipinski definition) is 3.